The second kappa shape index (κ2) is 6.73. The summed E-state index contributed by atoms with van der Waals surface area (Å²) in [5, 5.41) is 11.3. The molecule has 0 radical (unpaired) electrons. The van der Waals surface area contributed by atoms with Gasteiger partial charge in [-0.3, -0.25) is 4.79 Å². The van der Waals surface area contributed by atoms with Gasteiger partial charge in [0.2, 0.25) is 0 Å². The molecule has 0 aliphatic carbocycles. The van der Waals surface area contributed by atoms with E-state index >= 15 is 4.39 Å². The number of nitrogens with zero attached hydrogens (tertiary/aromatic N) is 2. The number of carbonyl (C=O) groups is 1. The van der Waals surface area contributed by atoms with Crippen molar-refractivity contribution in [1.82, 2.24) is 10.3 Å². The summed E-state index contributed by atoms with van der Waals surface area (Å²) in [7, 11) is 1.45. The van der Waals surface area contributed by atoms with Crippen molar-refractivity contribution in [2.75, 3.05) is 7.05 Å². The van der Waals surface area contributed by atoms with Gasteiger partial charge in [0.15, 0.2) is 11.4 Å². The predicted octanol–water partition coefficient (Wildman–Crippen LogP) is 3.76. The number of fused-ring (bicyclic) bond motifs is 1. The molecular formula is C19H16FN3O2. The first-order chi connectivity index (χ1) is 12.1. The maximum Gasteiger partial charge on any atom is 0.306 e. The molecule has 6 heteroatoms. The van der Waals surface area contributed by atoms with Crippen molar-refractivity contribution >= 4 is 17.0 Å². The van der Waals surface area contributed by atoms with Crippen molar-refractivity contribution in [3.63, 3.8) is 0 Å². The van der Waals surface area contributed by atoms with Crippen molar-refractivity contribution < 1.29 is 13.6 Å². The highest BCUT2D eigenvalue weighted by molar-refractivity contribution is 5.94. The normalized spacial score (nSPS) is 10.6. The molecule has 0 spiro atoms. The van der Waals surface area contributed by atoms with Gasteiger partial charge in [0, 0.05) is 19.0 Å². The van der Waals surface area contributed by atoms with E-state index in [0.717, 1.165) is 5.56 Å². The van der Waals surface area contributed by atoms with Gasteiger partial charge in [-0.25, -0.2) is 9.37 Å². The Hall–Kier alpha value is -3.20. The summed E-state index contributed by atoms with van der Waals surface area (Å²) < 4.78 is 20.6. The van der Waals surface area contributed by atoms with Crippen LogP contribution in [0.2, 0.25) is 0 Å². The van der Waals surface area contributed by atoms with Crippen LogP contribution in [0, 0.1) is 24.1 Å². The van der Waals surface area contributed by atoms with E-state index < -0.39 is 11.7 Å². The number of halogens is 1. The van der Waals surface area contributed by atoms with E-state index in [1.54, 1.807) is 19.1 Å². The van der Waals surface area contributed by atoms with E-state index in [9.17, 15) is 4.79 Å². The second-order valence-corrected chi connectivity index (χ2v) is 5.59. The van der Waals surface area contributed by atoms with Crippen LogP contribution in [0.25, 0.3) is 22.2 Å². The first-order valence-corrected chi connectivity index (χ1v) is 7.84. The number of aryl methyl sites for hydroxylation is 1. The minimum atomic E-state index is -0.554. The topological polar surface area (TPSA) is 78.9 Å². The van der Waals surface area contributed by atoms with E-state index in [0.29, 0.717) is 28.6 Å². The van der Waals surface area contributed by atoms with Crippen LogP contribution in [0.4, 0.5) is 4.39 Å². The van der Waals surface area contributed by atoms with Crippen LogP contribution in [-0.2, 0) is 6.42 Å². The summed E-state index contributed by atoms with van der Waals surface area (Å²) in [6.45, 7) is 1.80. The van der Waals surface area contributed by atoms with Crippen LogP contribution >= 0.6 is 0 Å². The van der Waals surface area contributed by atoms with E-state index in [1.807, 2.05) is 18.2 Å². The number of carbonyl (C=O) groups excluding carboxylic acids is 1. The molecule has 0 fully saturated rings. The molecule has 1 amide bonds. The van der Waals surface area contributed by atoms with Crippen molar-refractivity contribution in [2.45, 2.75) is 19.8 Å². The second-order valence-electron chi connectivity index (χ2n) is 5.59. The van der Waals surface area contributed by atoms with Crippen LogP contribution in [0.5, 0.6) is 0 Å². The minimum absolute atomic E-state index is 0.0593. The van der Waals surface area contributed by atoms with Gasteiger partial charge < -0.3 is 9.73 Å². The molecule has 0 unspecified atom stereocenters. The summed E-state index contributed by atoms with van der Waals surface area (Å²) in [5.41, 5.74) is 2.76. The van der Waals surface area contributed by atoms with Gasteiger partial charge in [-0.2, -0.15) is 5.26 Å². The van der Waals surface area contributed by atoms with Crippen LogP contribution in [0.3, 0.4) is 0 Å². The standard InChI is InChI=1S/C19H16FN3O2/c1-11-13(9-6-10-21)16-17(25-19(23-16)18(24)22-2)15(20)14(11)12-7-4-3-5-8-12/h3-5,7-8H,6,9H2,1-2H3,(H,22,24). The number of oxazole rings is 1. The third kappa shape index (κ3) is 2.85. The Morgan fingerprint density at radius 2 is 2.08 bits per heavy atom. The molecule has 25 heavy (non-hydrogen) atoms. The highest BCUT2D eigenvalue weighted by Gasteiger charge is 2.24. The van der Waals surface area contributed by atoms with Crippen molar-refractivity contribution in [3.8, 4) is 17.2 Å². The fraction of sp³-hybridized carbons (Fsp3) is 0.211. The molecule has 0 bridgehead atoms. The van der Waals surface area contributed by atoms with E-state index in [4.69, 9.17) is 9.68 Å². The van der Waals surface area contributed by atoms with Crippen LogP contribution in [0.15, 0.2) is 34.7 Å². The molecule has 5 nitrogen and oxygen atoms in total. The molecule has 3 rings (SSSR count). The van der Waals surface area contributed by atoms with Crippen LogP contribution in [-0.4, -0.2) is 17.9 Å². The number of rotatable bonds is 4. The maximum atomic E-state index is 15.2. The lowest BCUT2D eigenvalue weighted by Gasteiger charge is -2.13. The van der Waals surface area contributed by atoms with Crippen molar-refractivity contribution in [1.29, 1.82) is 5.26 Å². The Kier molecular flexibility index (Phi) is 4.48. The van der Waals surface area contributed by atoms with Gasteiger partial charge in [0.1, 0.15) is 5.52 Å². The minimum Gasteiger partial charge on any atom is -0.429 e. The summed E-state index contributed by atoms with van der Waals surface area (Å²) >= 11 is 0. The Balaban J connectivity index is 2.34. The summed E-state index contributed by atoms with van der Waals surface area (Å²) in [6, 6.07) is 11.2. The first kappa shape index (κ1) is 16.7. The van der Waals surface area contributed by atoms with Gasteiger partial charge in [0.25, 0.3) is 5.89 Å². The first-order valence-electron chi connectivity index (χ1n) is 7.84. The average molecular weight is 337 g/mol. The Morgan fingerprint density at radius 1 is 1.36 bits per heavy atom. The predicted molar refractivity (Wildman–Crippen MR) is 91.5 cm³/mol. The molecular weight excluding hydrogens is 321 g/mol. The third-order valence-electron chi connectivity index (χ3n) is 4.13. The van der Waals surface area contributed by atoms with Gasteiger partial charge in [-0.1, -0.05) is 30.3 Å². The molecule has 2 aromatic carbocycles. The molecule has 1 aromatic heterocycles. The number of hydrogen-bond acceptors (Lipinski definition) is 4. The smallest absolute Gasteiger partial charge is 0.306 e. The lowest BCUT2D eigenvalue weighted by atomic mass is 9.92. The number of aromatic nitrogens is 1. The van der Waals surface area contributed by atoms with E-state index in [1.165, 1.54) is 7.05 Å². The molecule has 0 saturated carbocycles. The van der Waals surface area contributed by atoms with Crippen LogP contribution < -0.4 is 5.32 Å². The zero-order valence-electron chi connectivity index (χ0n) is 13.9. The third-order valence-corrected chi connectivity index (χ3v) is 4.13. The quantitative estimate of drug-likeness (QED) is 0.786. The highest BCUT2D eigenvalue weighted by Crippen LogP contribution is 2.36. The number of nitrogens with one attached hydrogen (secondary N) is 1. The number of nitriles is 1. The molecule has 3 aromatic rings. The lowest BCUT2D eigenvalue weighted by molar-refractivity contribution is 0.0931. The number of amides is 1. The molecule has 0 aliphatic heterocycles. The Labute approximate surface area is 144 Å². The average Bonchev–Trinajstić information content (AvgIpc) is 3.07. The largest absolute Gasteiger partial charge is 0.429 e. The molecule has 0 atom stereocenters. The van der Waals surface area contributed by atoms with E-state index in [2.05, 4.69) is 16.4 Å². The SMILES string of the molecule is CNC(=O)c1nc2c(CCC#N)c(C)c(-c3ccccc3)c(F)c2o1. The van der Waals surface area contributed by atoms with Gasteiger partial charge in [-0.15, -0.1) is 0 Å². The summed E-state index contributed by atoms with van der Waals surface area (Å²) in [4.78, 5) is 16.0. The molecule has 0 aliphatic rings. The van der Waals surface area contributed by atoms with Crippen molar-refractivity contribution in [2.24, 2.45) is 0 Å². The monoisotopic (exact) mass is 337 g/mol. The Bertz CT molecular complexity index is 988. The zero-order valence-corrected chi connectivity index (χ0v) is 13.9. The van der Waals surface area contributed by atoms with E-state index in [-0.39, 0.29) is 17.9 Å². The lowest BCUT2D eigenvalue weighted by Crippen LogP contribution is -2.17. The number of hydrogen-bond donors (Lipinski definition) is 1. The molecule has 1 heterocycles. The van der Waals surface area contributed by atoms with Gasteiger partial charge in [-0.05, 0) is 30.0 Å². The fourth-order valence-electron chi connectivity index (χ4n) is 2.92. The maximum absolute atomic E-state index is 15.2. The molecule has 126 valence electrons. The Morgan fingerprint density at radius 3 is 2.72 bits per heavy atom. The fourth-order valence-corrected chi connectivity index (χ4v) is 2.92. The van der Waals surface area contributed by atoms with Crippen molar-refractivity contribution in [3.05, 3.63) is 53.2 Å². The van der Waals surface area contributed by atoms with Gasteiger partial charge in [0.05, 0.1) is 6.07 Å². The highest BCUT2D eigenvalue weighted by atomic mass is 19.1. The summed E-state index contributed by atoms with van der Waals surface area (Å²) in [5.74, 6) is -1.28. The summed E-state index contributed by atoms with van der Waals surface area (Å²) in [6.07, 6.45) is 0.663. The van der Waals surface area contributed by atoms with Gasteiger partial charge >= 0.3 is 5.91 Å². The molecule has 1 N–H and O–H groups in total. The van der Waals surface area contributed by atoms with Crippen LogP contribution in [0.1, 0.15) is 28.2 Å². The molecule has 0 saturated heterocycles. The number of benzene rings is 2. The zero-order chi connectivity index (χ0) is 18.0.